The molecular formula is C13H18N6O2. The third kappa shape index (κ3) is 3.93. The molecule has 0 saturated heterocycles. The van der Waals surface area contributed by atoms with E-state index in [0.717, 1.165) is 11.3 Å². The number of anilines is 2. The summed E-state index contributed by atoms with van der Waals surface area (Å²) in [6, 6.07) is 7.91. The van der Waals surface area contributed by atoms with Gasteiger partial charge in [0.1, 0.15) is 5.75 Å². The summed E-state index contributed by atoms with van der Waals surface area (Å²) in [5, 5.41) is 3.09. The minimum absolute atomic E-state index is 0.211. The number of nitrogens with one attached hydrogen (secondary N) is 2. The Balaban J connectivity index is 2.13. The van der Waals surface area contributed by atoms with Crippen LogP contribution in [0.15, 0.2) is 24.3 Å². The van der Waals surface area contributed by atoms with Gasteiger partial charge in [-0.15, -0.1) is 0 Å². The van der Waals surface area contributed by atoms with Gasteiger partial charge in [0.2, 0.25) is 11.9 Å². The normalized spacial score (nSPS) is 10.0. The van der Waals surface area contributed by atoms with Crippen molar-refractivity contribution in [2.24, 2.45) is 5.84 Å². The Morgan fingerprint density at radius 1 is 1.14 bits per heavy atom. The largest absolute Gasteiger partial charge is 0.496 e. The van der Waals surface area contributed by atoms with Gasteiger partial charge in [-0.05, 0) is 13.0 Å². The number of hydrogen-bond acceptors (Lipinski definition) is 8. The van der Waals surface area contributed by atoms with Gasteiger partial charge in [-0.3, -0.25) is 5.43 Å². The first-order valence-electron chi connectivity index (χ1n) is 6.48. The Labute approximate surface area is 122 Å². The molecule has 4 N–H and O–H groups in total. The number of nitrogens with two attached hydrogens (primary N) is 1. The van der Waals surface area contributed by atoms with Crippen molar-refractivity contribution in [2.75, 3.05) is 24.5 Å². The fourth-order valence-corrected chi connectivity index (χ4v) is 1.72. The highest BCUT2D eigenvalue weighted by molar-refractivity contribution is 5.39. The number of methoxy groups -OCH3 is 1. The highest BCUT2D eigenvalue weighted by atomic mass is 16.5. The van der Waals surface area contributed by atoms with Gasteiger partial charge in [0, 0.05) is 12.1 Å². The summed E-state index contributed by atoms with van der Waals surface area (Å²) in [4.78, 5) is 12.2. The molecule has 1 aromatic carbocycles. The van der Waals surface area contributed by atoms with Crippen molar-refractivity contribution in [3.63, 3.8) is 0 Å². The van der Waals surface area contributed by atoms with Crippen molar-refractivity contribution < 1.29 is 9.47 Å². The van der Waals surface area contributed by atoms with E-state index in [1.54, 1.807) is 7.11 Å². The van der Waals surface area contributed by atoms with Crippen molar-refractivity contribution in [3.8, 4) is 11.8 Å². The van der Waals surface area contributed by atoms with Gasteiger partial charge in [0.05, 0.1) is 13.7 Å². The van der Waals surface area contributed by atoms with E-state index in [9.17, 15) is 0 Å². The number of hydrogen-bond donors (Lipinski definition) is 3. The molecule has 0 radical (unpaired) electrons. The average Bonchev–Trinajstić information content (AvgIpc) is 2.53. The first kappa shape index (κ1) is 14.8. The Morgan fingerprint density at radius 3 is 2.62 bits per heavy atom. The summed E-state index contributed by atoms with van der Waals surface area (Å²) in [5.74, 6) is 6.72. The van der Waals surface area contributed by atoms with E-state index in [-0.39, 0.29) is 12.0 Å². The Bertz CT molecular complexity index is 593. The fourth-order valence-electron chi connectivity index (χ4n) is 1.72. The topological polar surface area (TPSA) is 107 Å². The Kier molecular flexibility index (Phi) is 5.10. The van der Waals surface area contributed by atoms with Crippen LogP contribution in [-0.2, 0) is 6.54 Å². The molecule has 0 fully saturated rings. The number of nitrogens with zero attached hydrogens (tertiary/aromatic N) is 3. The van der Waals surface area contributed by atoms with Gasteiger partial charge in [-0.1, -0.05) is 18.2 Å². The monoisotopic (exact) mass is 290 g/mol. The van der Waals surface area contributed by atoms with Crippen LogP contribution < -0.4 is 26.1 Å². The average molecular weight is 290 g/mol. The number of nitrogen functional groups attached to an aromatic ring is 1. The van der Waals surface area contributed by atoms with Gasteiger partial charge in [0.25, 0.3) is 0 Å². The lowest BCUT2D eigenvalue weighted by atomic mass is 10.2. The smallest absolute Gasteiger partial charge is 0.323 e. The van der Waals surface area contributed by atoms with Crippen LogP contribution in [0.1, 0.15) is 12.5 Å². The van der Waals surface area contributed by atoms with Gasteiger partial charge in [-0.2, -0.15) is 15.0 Å². The molecule has 1 heterocycles. The van der Waals surface area contributed by atoms with Crippen LogP contribution in [0.25, 0.3) is 0 Å². The molecule has 8 nitrogen and oxygen atoms in total. The second-order valence-electron chi connectivity index (χ2n) is 4.01. The quantitative estimate of drug-likeness (QED) is 0.515. The number of benzene rings is 1. The number of para-hydroxylation sites is 1. The third-order valence-corrected chi connectivity index (χ3v) is 2.65. The lowest BCUT2D eigenvalue weighted by Crippen LogP contribution is -2.14. The number of hydrazine groups is 1. The van der Waals surface area contributed by atoms with E-state index in [2.05, 4.69) is 25.7 Å². The third-order valence-electron chi connectivity index (χ3n) is 2.65. The number of ether oxygens (including phenoxy) is 2. The molecule has 0 unspecified atom stereocenters. The maximum Gasteiger partial charge on any atom is 0.323 e. The molecule has 8 heteroatoms. The lowest BCUT2D eigenvalue weighted by Gasteiger charge is -2.10. The molecule has 0 atom stereocenters. The van der Waals surface area contributed by atoms with Crippen molar-refractivity contribution in [1.29, 1.82) is 0 Å². The molecule has 0 saturated carbocycles. The summed E-state index contributed by atoms with van der Waals surface area (Å²) in [6.07, 6.45) is 0. The molecule has 2 rings (SSSR count). The van der Waals surface area contributed by atoms with Crippen LogP contribution in [0, 0.1) is 0 Å². The van der Waals surface area contributed by atoms with E-state index < -0.39 is 0 Å². The molecule has 0 aliphatic carbocycles. The van der Waals surface area contributed by atoms with Gasteiger partial charge in [-0.25, -0.2) is 5.84 Å². The van der Waals surface area contributed by atoms with E-state index in [0.29, 0.717) is 19.1 Å². The number of aromatic nitrogens is 3. The standard InChI is InChI=1S/C13H18N6O2/c1-3-21-13-17-11(16-12(18-13)19-14)15-8-9-6-4-5-7-10(9)20-2/h4-7H,3,8,14H2,1-2H3,(H2,15,16,17,18,19). The summed E-state index contributed by atoms with van der Waals surface area (Å²) < 4.78 is 10.6. The van der Waals surface area contributed by atoms with E-state index in [1.807, 2.05) is 31.2 Å². The van der Waals surface area contributed by atoms with Gasteiger partial charge < -0.3 is 14.8 Å². The molecule has 0 amide bonds. The summed E-state index contributed by atoms with van der Waals surface area (Å²) >= 11 is 0. The lowest BCUT2D eigenvalue weighted by molar-refractivity contribution is 0.312. The molecule has 0 spiro atoms. The second-order valence-corrected chi connectivity index (χ2v) is 4.01. The molecular weight excluding hydrogens is 272 g/mol. The molecule has 0 aliphatic heterocycles. The van der Waals surface area contributed by atoms with Crippen molar-refractivity contribution in [3.05, 3.63) is 29.8 Å². The van der Waals surface area contributed by atoms with Crippen molar-refractivity contribution in [2.45, 2.75) is 13.5 Å². The predicted molar refractivity (Wildman–Crippen MR) is 79.1 cm³/mol. The highest BCUT2D eigenvalue weighted by Crippen LogP contribution is 2.18. The zero-order valence-electron chi connectivity index (χ0n) is 12.0. The zero-order chi connectivity index (χ0) is 15.1. The van der Waals surface area contributed by atoms with E-state index in [4.69, 9.17) is 15.3 Å². The Hall–Kier alpha value is -2.61. The summed E-state index contributed by atoms with van der Waals surface area (Å²) in [5.41, 5.74) is 3.37. The molecule has 0 aliphatic rings. The Morgan fingerprint density at radius 2 is 1.90 bits per heavy atom. The maximum atomic E-state index is 5.33. The van der Waals surface area contributed by atoms with E-state index in [1.165, 1.54) is 0 Å². The van der Waals surface area contributed by atoms with Crippen LogP contribution in [-0.4, -0.2) is 28.7 Å². The molecule has 112 valence electrons. The number of rotatable bonds is 7. The zero-order valence-corrected chi connectivity index (χ0v) is 12.0. The maximum absolute atomic E-state index is 5.33. The van der Waals surface area contributed by atoms with Crippen LogP contribution in [0.3, 0.4) is 0 Å². The van der Waals surface area contributed by atoms with Crippen LogP contribution in [0.2, 0.25) is 0 Å². The summed E-state index contributed by atoms with van der Waals surface area (Å²) in [7, 11) is 1.63. The predicted octanol–water partition coefficient (Wildman–Crippen LogP) is 1.18. The van der Waals surface area contributed by atoms with E-state index >= 15 is 0 Å². The molecule has 1 aromatic heterocycles. The van der Waals surface area contributed by atoms with Crippen molar-refractivity contribution in [1.82, 2.24) is 15.0 Å². The molecule has 2 aromatic rings. The summed E-state index contributed by atoms with van der Waals surface area (Å²) in [6.45, 7) is 2.81. The van der Waals surface area contributed by atoms with Gasteiger partial charge >= 0.3 is 6.01 Å². The molecule has 21 heavy (non-hydrogen) atoms. The van der Waals surface area contributed by atoms with Crippen LogP contribution in [0.4, 0.5) is 11.9 Å². The first-order valence-corrected chi connectivity index (χ1v) is 6.48. The minimum Gasteiger partial charge on any atom is -0.496 e. The second kappa shape index (κ2) is 7.25. The van der Waals surface area contributed by atoms with Crippen molar-refractivity contribution >= 4 is 11.9 Å². The van der Waals surface area contributed by atoms with Crippen LogP contribution >= 0.6 is 0 Å². The first-order chi connectivity index (χ1) is 10.3. The van der Waals surface area contributed by atoms with Gasteiger partial charge in [0.15, 0.2) is 0 Å². The molecule has 0 bridgehead atoms. The minimum atomic E-state index is 0.211. The van der Waals surface area contributed by atoms with Crippen LogP contribution in [0.5, 0.6) is 11.8 Å². The SMILES string of the molecule is CCOc1nc(NN)nc(NCc2ccccc2OC)n1. The fraction of sp³-hybridized carbons (Fsp3) is 0.308. The highest BCUT2D eigenvalue weighted by Gasteiger charge is 2.07.